The first-order valence-corrected chi connectivity index (χ1v) is 13.4. The van der Waals surface area contributed by atoms with Crippen molar-refractivity contribution >= 4 is 22.9 Å². The Morgan fingerprint density at radius 1 is 1.05 bits per heavy atom. The zero-order valence-electron chi connectivity index (χ0n) is 20.6. The van der Waals surface area contributed by atoms with Gasteiger partial charge in [0.05, 0.1) is 11.1 Å². The lowest BCUT2D eigenvalue weighted by atomic mass is 10.1. The quantitative estimate of drug-likeness (QED) is 0.354. The predicted octanol–water partition coefficient (Wildman–Crippen LogP) is 4.45. The highest BCUT2D eigenvalue weighted by Crippen LogP contribution is 2.29. The lowest BCUT2D eigenvalue weighted by Crippen LogP contribution is -2.33. The average Bonchev–Trinajstić information content (AvgIpc) is 3.55. The molecule has 0 bridgehead atoms. The first kappa shape index (κ1) is 26.1. The summed E-state index contributed by atoms with van der Waals surface area (Å²) in [5.74, 6) is -0.786. The average molecular weight is 545 g/mol. The summed E-state index contributed by atoms with van der Waals surface area (Å²) in [5, 5.41) is 7.91. The number of likely N-dealkylation sites (tertiary alicyclic amines) is 1. The number of rotatable bonds is 8. The smallest absolute Gasteiger partial charge is 0.342 e. The summed E-state index contributed by atoms with van der Waals surface area (Å²) in [6, 6.07) is 5.01. The fraction of sp³-hybridized carbons (Fsp3) is 0.385. The molecule has 1 fully saturated rings. The molecule has 1 saturated heterocycles. The van der Waals surface area contributed by atoms with E-state index in [9.17, 15) is 22.8 Å². The molecule has 4 aromatic heterocycles. The van der Waals surface area contributed by atoms with Crippen LogP contribution < -0.4 is 10.9 Å². The number of thiophene rings is 1. The summed E-state index contributed by atoms with van der Waals surface area (Å²) >= 11 is 1.05. The van der Waals surface area contributed by atoms with E-state index in [0.29, 0.717) is 23.3 Å². The van der Waals surface area contributed by atoms with Gasteiger partial charge >= 0.3 is 6.18 Å². The molecule has 1 amide bonds. The van der Waals surface area contributed by atoms with Crippen LogP contribution in [0.25, 0.3) is 27.9 Å². The van der Waals surface area contributed by atoms with Crippen LogP contribution in [0.3, 0.4) is 0 Å². The molecular formula is C26H27F3N6O2S. The number of carbonyl (C=O) groups is 1. The Morgan fingerprint density at radius 2 is 1.87 bits per heavy atom. The van der Waals surface area contributed by atoms with Crippen LogP contribution in [0.15, 0.2) is 53.2 Å². The molecule has 0 saturated carbocycles. The van der Waals surface area contributed by atoms with Crippen LogP contribution >= 0.6 is 11.3 Å². The first-order chi connectivity index (χ1) is 18.3. The second kappa shape index (κ2) is 11.1. The van der Waals surface area contributed by atoms with Gasteiger partial charge in [-0.2, -0.15) is 18.3 Å². The highest BCUT2D eigenvalue weighted by atomic mass is 32.1. The maximum absolute atomic E-state index is 12.7. The minimum Gasteiger partial charge on any atom is -0.342 e. The highest BCUT2D eigenvalue weighted by Gasteiger charge is 2.28. The first-order valence-electron chi connectivity index (χ1n) is 12.5. The lowest BCUT2D eigenvalue weighted by molar-refractivity contribution is -0.123. The third kappa shape index (κ3) is 6.13. The van der Waals surface area contributed by atoms with Crippen LogP contribution in [0.4, 0.5) is 13.2 Å². The number of hydrogen-bond donors (Lipinski definition) is 1. The van der Waals surface area contributed by atoms with Gasteiger partial charge in [-0.1, -0.05) is 6.42 Å². The number of aromatic nitrogens is 4. The van der Waals surface area contributed by atoms with Crippen molar-refractivity contribution in [3.8, 4) is 22.3 Å². The Balaban J connectivity index is 1.27. The van der Waals surface area contributed by atoms with Crippen LogP contribution in [0.5, 0.6) is 0 Å². The number of aryl methyl sites for hydroxylation is 1. The molecular weight excluding hydrogens is 517 g/mol. The van der Waals surface area contributed by atoms with E-state index < -0.39 is 18.6 Å². The number of nitrogens with one attached hydrogen (secondary N) is 1. The number of amides is 1. The van der Waals surface area contributed by atoms with Crippen LogP contribution in [0.1, 0.15) is 35.4 Å². The molecule has 0 atom stereocenters. The van der Waals surface area contributed by atoms with E-state index in [1.54, 1.807) is 39.1 Å². The van der Waals surface area contributed by atoms with Crippen molar-refractivity contribution in [1.82, 2.24) is 29.4 Å². The summed E-state index contributed by atoms with van der Waals surface area (Å²) < 4.78 is 40.5. The molecule has 0 radical (unpaired) electrons. The predicted molar refractivity (Wildman–Crippen MR) is 139 cm³/mol. The van der Waals surface area contributed by atoms with E-state index >= 15 is 0 Å². The molecule has 0 unspecified atom stereocenters. The van der Waals surface area contributed by atoms with E-state index in [0.717, 1.165) is 48.5 Å². The fourth-order valence-corrected chi connectivity index (χ4v) is 5.43. The largest absolute Gasteiger partial charge is 0.405 e. The Labute approximate surface area is 220 Å². The number of fused-ring (bicyclic) bond motifs is 1. The monoisotopic (exact) mass is 544 g/mol. The molecule has 200 valence electrons. The standard InChI is InChI=1S/C26H27F3N6O2S/c27-26(28,29)17-31-25(37)22-11-19(16-38-22)21-14-32-35-15-20(13-30-24(21)35)18-5-10-34(23(36)12-18)9-4-8-33-6-2-1-3-7-33/h5,10-16H,1-4,6-9,17H2,(H,31,37). The minimum atomic E-state index is -4.47. The summed E-state index contributed by atoms with van der Waals surface area (Å²) in [5.41, 5.74) is 3.19. The topological polar surface area (TPSA) is 84.5 Å². The number of piperidine rings is 1. The normalized spacial score (nSPS) is 14.7. The third-order valence-electron chi connectivity index (χ3n) is 6.59. The number of nitrogens with zero attached hydrogens (tertiary/aromatic N) is 5. The molecule has 12 heteroatoms. The molecule has 0 spiro atoms. The molecule has 8 nitrogen and oxygen atoms in total. The van der Waals surface area contributed by atoms with Gasteiger partial charge < -0.3 is 14.8 Å². The van der Waals surface area contributed by atoms with E-state index in [1.165, 1.54) is 25.3 Å². The maximum Gasteiger partial charge on any atom is 0.405 e. The molecule has 0 aromatic carbocycles. The van der Waals surface area contributed by atoms with E-state index in [2.05, 4.69) is 15.0 Å². The van der Waals surface area contributed by atoms with Crippen molar-refractivity contribution in [3.05, 3.63) is 63.6 Å². The second-order valence-corrected chi connectivity index (χ2v) is 10.3. The van der Waals surface area contributed by atoms with Crippen molar-refractivity contribution in [2.45, 2.75) is 38.4 Å². The van der Waals surface area contributed by atoms with Gasteiger partial charge in [-0.3, -0.25) is 9.59 Å². The van der Waals surface area contributed by atoms with Crippen LogP contribution in [-0.4, -0.2) is 62.3 Å². The second-order valence-electron chi connectivity index (χ2n) is 9.37. The van der Waals surface area contributed by atoms with Crippen molar-refractivity contribution in [2.75, 3.05) is 26.2 Å². The SMILES string of the molecule is O=C(NCC(F)(F)F)c1cc(-c2cnn3cc(-c4ccn(CCCN5CCCCC5)c(=O)c4)cnc23)cs1. The minimum absolute atomic E-state index is 0.0722. The molecule has 1 aliphatic heterocycles. The van der Waals surface area contributed by atoms with Crippen molar-refractivity contribution in [3.63, 3.8) is 0 Å². The van der Waals surface area contributed by atoms with E-state index in [-0.39, 0.29) is 10.4 Å². The van der Waals surface area contributed by atoms with Crippen LogP contribution in [-0.2, 0) is 6.54 Å². The van der Waals surface area contributed by atoms with Crippen molar-refractivity contribution < 1.29 is 18.0 Å². The lowest BCUT2D eigenvalue weighted by Gasteiger charge is -2.26. The molecule has 0 aliphatic carbocycles. The third-order valence-corrected chi connectivity index (χ3v) is 7.52. The van der Waals surface area contributed by atoms with Gasteiger partial charge in [-0.05, 0) is 67.5 Å². The molecule has 4 aromatic rings. The molecule has 1 aliphatic rings. The van der Waals surface area contributed by atoms with Gasteiger partial charge in [0, 0.05) is 42.3 Å². The molecule has 5 rings (SSSR count). The van der Waals surface area contributed by atoms with Gasteiger partial charge in [0.1, 0.15) is 6.54 Å². The highest BCUT2D eigenvalue weighted by molar-refractivity contribution is 7.12. The number of hydrogen-bond acceptors (Lipinski definition) is 6. The number of pyridine rings is 1. The Morgan fingerprint density at radius 3 is 2.63 bits per heavy atom. The van der Waals surface area contributed by atoms with E-state index in [4.69, 9.17) is 0 Å². The Kier molecular flexibility index (Phi) is 7.61. The van der Waals surface area contributed by atoms with Crippen molar-refractivity contribution in [2.24, 2.45) is 0 Å². The summed E-state index contributed by atoms with van der Waals surface area (Å²) in [6.45, 7) is 2.57. The zero-order chi connectivity index (χ0) is 26.7. The van der Waals surface area contributed by atoms with Gasteiger partial charge in [0.25, 0.3) is 11.5 Å². The maximum atomic E-state index is 12.7. The summed E-state index contributed by atoms with van der Waals surface area (Å²) in [6.07, 6.45) is 7.08. The van der Waals surface area contributed by atoms with Crippen molar-refractivity contribution in [1.29, 1.82) is 0 Å². The Bertz CT molecular complexity index is 1490. The molecule has 5 heterocycles. The van der Waals surface area contributed by atoms with E-state index in [1.807, 2.05) is 17.6 Å². The van der Waals surface area contributed by atoms with Gasteiger partial charge in [0.2, 0.25) is 0 Å². The number of alkyl halides is 3. The zero-order valence-corrected chi connectivity index (χ0v) is 21.4. The Hall–Kier alpha value is -3.51. The summed E-state index contributed by atoms with van der Waals surface area (Å²) in [4.78, 5) is 31.9. The van der Waals surface area contributed by atoms with Gasteiger partial charge in [-0.25, -0.2) is 9.50 Å². The number of carbonyl (C=O) groups excluding carboxylic acids is 1. The number of halogens is 3. The van der Waals surface area contributed by atoms with Crippen LogP contribution in [0.2, 0.25) is 0 Å². The summed E-state index contributed by atoms with van der Waals surface area (Å²) in [7, 11) is 0. The van der Waals surface area contributed by atoms with Gasteiger partial charge in [-0.15, -0.1) is 11.3 Å². The molecule has 1 N–H and O–H groups in total. The van der Waals surface area contributed by atoms with Crippen LogP contribution in [0, 0.1) is 0 Å². The fourth-order valence-electron chi connectivity index (χ4n) is 4.61. The van der Waals surface area contributed by atoms with Gasteiger partial charge in [0.15, 0.2) is 5.65 Å². The molecule has 38 heavy (non-hydrogen) atoms.